The van der Waals surface area contributed by atoms with Crippen LogP contribution in [0.5, 0.6) is 0 Å². The van der Waals surface area contributed by atoms with Gasteiger partial charge in [0, 0.05) is 41.8 Å². The van der Waals surface area contributed by atoms with E-state index in [1.54, 1.807) is 0 Å². The first kappa shape index (κ1) is 13.6. The van der Waals surface area contributed by atoms with Crippen molar-refractivity contribution >= 4 is 26.8 Å². The lowest BCUT2D eigenvalue weighted by Crippen LogP contribution is -2.42. The monoisotopic (exact) mass is 269 g/mol. The Hall–Kier alpha value is -0.470. The van der Waals surface area contributed by atoms with Crippen LogP contribution in [0.15, 0.2) is 0 Å². The summed E-state index contributed by atoms with van der Waals surface area (Å²) in [4.78, 5) is 10.3. The third-order valence-electron chi connectivity index (χ3n) is 2.32. The summed E-state index contributed by atoms with van der Waals surface area (Å²) in [5.41, 5.74) is 0. The van der Waals surface area contributed by atoms with Gasteiger partial charge in [-0.3, -0.25) is 9.00 Å². The van der Waals surface area contributed by atoms with Crippen LogP contribution in [-0.2, 0) is 25.6 Å². The smallest absolute Gasteiger partial charge is 0.303 e. The van der Waals surface area contributed by atoms with Crippen molar-refractivity contribution in [3.8, 4) is 0 Å². The van der Waals surface area contributed by atoms with Crippen molar-refractivity contribution in [2.45, 2.75) is 12.8 Å². The number of nitrogens with zero attached hydrogens (tertiary/aromatic N) is 1. The largest absolute Gasteiger partial charge is 0.481 e. The predicted molar refractivity (Wildman–Crippen MR) is 60.1 cm³/mol. The standard InChI is InChI=1S/C8H15NO5S2/c10-8(11)2-1-7-16(13,14)9-3-5-15(12)6-4-9/h1-7H2,(H,10,11). The lowest BCUT2D eigenvalue weighted by molar-refractivity contribution is -0.137. The van der Waals surface area contributed by atoms with E-state index in [0.717, 1.165) is 0 Å². The van der Waals surface area contributed by atoms with Crippen molar-refractivity contribution < 1.29 is 22.5 Å². The van der Waals surface area contributed by atoms with E-state index in [9.17, 15) is 17.4 Å². The third-order valence-corrected chi connectivity index (χ3v) is 5.56. The molecule has 0 aromatic heterocycles. The molecule has 1 N–H and O–H groups in total. The van der Waals surface area contributed by atoms with Gasteiger partial charge in [0.05, 0.1) is 5.75 Å². The fourth-order valence-corrected chi connectivity index (χ4v) is 4.22. The molecule has 0 saturated carbocycles. The zero-order chi connectivity index (χ0) is 12.2. The van der Waals surface area contributed by atoms with Gasteiger partial charge < -0.3 is 5.11 Å². The Labute approximate surface area is 97.1 Å². The molecule has 0 spiro atoms. The quantitative estimate of drug-likeness (QED) is 0.708. The molecule has 0 aromatic rings. The maximum atomic E-state index is 11.7. The molecule has 1 heterocycles. The molecule has 0 bridgehead atoms. The first-order valence-electron chi connectivity index (χ1n) is 4.96. The topological polar surface area (TPSA) is 91.8 Å². The molecule has 1 aliphatic rings. The van der Waals surface area contributed by atoms with Crippen LogP contribution in [-0.4, -0.2) is 58.4 Å². The van der Waals surface area contributed by atoms with E-state index < -0.39 is 26.8 Å². The number of hydrogen-bond acceptors (Lipinski definition) is 4. The average Bonchev–Trinajstić information content (AvgIpc) is 2.17. The third kappa shape index (κ3) is 4.18. The molecule has 0 atom stereocenters. The Morgan fingerprint density at radius 1 is 1.31 bits per heavy atom. The van der Waals surface area contributed by atoms with Crippen molar-refractivity contribution in [1.82, 2.24) is 4.31 Å². The Morgan fingerprint density at radius 2 is 1.88 bits per heavy atom. The molecule has 16 heavy (non-hydrogen) atoms. The summed E-state index contributed by atoms with van der Waals surface area (Å²) in [5, 5.41) is 8.41. The van der Waals surface area contributed by atoms with Gasteiger partial charge in [-0.2, -0.15) is 0 Å². The molecule has 0 amide bonds. The summed E-state index contributed by atoms with van der Waals surface area (Å²) < 4.78 is 35.8. The minimum Gasteiger partial charge on any atom is -0.481 e. The first-order valence-corrected chi connectivity index (χ1v) is 8.06. The maximum Gasteiger partial charge on any atom is 0.303 e. The minimum atomic E-state index is -3.37. The van der Waals surface area contributed by atoms with Crippen molar-refractivity contribution in [3.63, 3.8) is 0 Å². The van der Waals surface area contributed by atoms with Crippen LogP contribution < -0.4 is 0 Å². The van der Waals surface area contributed by atoms with Crippen molar-refractivity contribution in [3.05, 3.63) is 0 Å². The highest BCUT2D eigenvalue weighted by molar-refractivity contribution is 7.89. The van der Waals surface area contributed by atoms with E-state index in [1.807, 2.05) is 0 Å². The molecule has 6 nitrogen and oxygen atoms in total. The molecular weight excluding hydrogens is 254 g/mol. The summed E-state index contributed by atoms with van der Waals surface area (Å²) in [7, 11) is -4.28. The number of rotatable bonds is 5. The molecule has 0 aromatic carbocycles. The molecule has 8 heteroatoms. The Balaban J connectivity index is 2.44. The van der Waals surface area contributed by atoms with E-state index in [4.69, 9.17) is 5.11 Å². The van der Waals surface area contributed by atoms with E-state index in [0.29, 0.717) is 11.5 Å². The average molecular weight is 269 g/mol. The second-order valence-corrected chi connectivity index (χ2v) is 7.35. The number of carbonyl (C=O) groups is 1. The Kier molecular flexibility index (Phi) is 4.88. The van der Waals surface area contributed by atoms with Crippen LogP contribution in [0.1, 0.15) is 12.8 Å². The zero-order valence-electron chi connectivity index (χ0n) is 8.79. The fourth-order valence-electron chi connectivity index (χ4n) is 1.43. The van der Waals surface area contributed by atoms with E-state index in [1.165, 1.54) is 4.31 Å². The van der Waals surface area contributed by atoms with Crippen LogP contribution in [0.3, 0.4) is 0 Å². The Morgan fingerprint density at radius 3 is 2.38 bits per heavy atom. The molecular formula is C8H15NO5S2. The van der Waals surface area contributed by atoms with Gasteiger partial charge in [-0.1, -0.05) is 0 Å². The van der Waals surface area contributed by atoms with Gasteiger partial charge in [0.15, 0.2) is 0 Å². The lowest BCUT2D eigenvalue weighted by atomic mass is 10.3. The lowest BCUT2D eigenvalue weighted by Gasteiger charge is -2.25. The zero-order valence-corrected chi connectivity index (χ0v) is 10.4. The van der Waals surface area contributed by atoms with E-state index >= 15 is 0 Å². The van der Waals surface area contributed by atoms with E-state index in [-0.39, 0.29) is 31.7 Å². The normalized spacial score (nSPS) is 19.8. The molecule has 94 valence electrons. The molecule has 1 fully saturated rings. The second-order valence-electron chi connectivity index (χ2n) is 3.56. The molecule has 1 aliphatic heterocycles. The second kappa shape index (κ2) is 5.74. The molecule has 1 saturated heterocycles. The van der Waals surface area contributed by atoms with Gasteiger partial charge >= 0.3 is 5.97 Å². The van der Waals surface area contributed by atoms with Crippen LogP contribution in [0.25, 0.3) is 0 Å². The fraction of sp³-hybridized carbons (Fsp3) is 0.875. The minimum absolute atomic E-state index is 0.122. The SMILES string of the molecule is O=C(O)CCCS(=O)(=O)N1CCS(=O)CC1. The predicted octanol–water partition coefficient (Wildman–Crippen LogP) is -0.755. The highest BCUT2D eigenvalue weighted by Crippen LogP contribution is 2.09. The van der Waals surface area contributed by atoms with E-state index in [2.05, 4.69) is 0 Å². The van der Waals surface area contributed by atoms with Gasteiger partial charge in [-0.15, -0.1) is 0 Å². The van der Waals surface area contributed by atoms with Gasteiger partial charge in [0.2, 0.25) is 10.0 Å². The number of carboxylic acids is 1. The van der Waals surface area contributed by atoms with Gasteiger partial charge in [0.25, 0.3) is 0 Å². The highest BCUT2D eigenvalue weighted by atomic mass is 32.2. The molecule has 0 unspecified atom stereocenters. The number of hydrogen-bond donors (Lipinski definition) is 1. The van der Waals surface area contributed by atoms with Crippen LogP contribution >= 0.6 is 0 Å². The van der Waals surface area contributed by atoms with Crippen LogP contribution in [0, 0.1) is 0 Å². The Bertz CT molecular complexity index is 368. The first-order chi connectivity index (χ1) is 7.42. The summed E-state index contributed by atoms with van der Waals surface area (Å²) >= 11 is 0. The van der Waals surface area contributed by atoms with Crippen LogP contribution in [0.2, 0.25) is 0 Å². The summed E-state index contributed by atoms with van der Waals surface area (Å²) in [6.07, 6.45) is -0.0176. The number of aliphatic carboxylic acids is 1. The van der Waals surface area contributed by atoms with Gasteiger partial charge in [-0.25, -0.2) is 12.7 Å². The van der Waals surface area contributed by atoms with Crippen molar-refractivity contribution in [2.24, 2.45) is 0 Å². The highest BCUT2D eigenvalue weighted by Gasteiger charge is 2.25. The van der Waals surface area contributed by atoms with Crippen LogP contribution in [0.4, 0.5) is 0 Å². The summed E-state index contributed by atoms with van der Waals surface area (Å²) in [6, 6.07) is 0. The summed E-state index contributed by atoms with van der Waals surface area (Å²) in [6.45, 7) is 0.560. The van der Waals surface area contributed by atoms with Gasteiger partial charge in [0.1, 0.15) is 0 Å². The summed E-state index contributed by atoms with van der Waals surface area (Å²) in [5.74, 6) is -0.391. The molecule has 1 rings (SSSR count). The van der Waals surface area contributed by atoms with Crippen molar-refractivity contribution in [1.29, 1.82) is 0 Å². The number of sulfonamides is 1. The number of carboxylic acid groups (broad SMARTS) is 1. The molecule has 0 aliphatic carbocycles. The van der Waals surface area contributed by atoms with Crippen molar-refractivity contribution in [2.75, 3.05) is 30.3 Å². The maximum absolute atomic E-state index is 11.7. The van der Waals surface area contributed by atoms with Gasteiger partial charge in [-0.05, 0) is 6.42 Å². The molecule has 0 radical (unpaired) electrons.